The predicted octanol–water partition coefficient (Wildman–Crippen LogP) is 3.71. The molecule has 2 amide bonds. The number of urea groups is 1. The Morgan fingerprint density at radius 1 is 1.41 bits per heavy atom. The van der Waals surface area contributed by atoms with Crippen molar-refractivity contribution in [1.82, 2.24) is 5.32 Å². The molecule has 0 bridgehead atoms. The van der Waals surface area contributed by atoms with Crippen LogP contribution in [0.15, 0.2) is 41.1 Å². The van der Waals surface area contributed by atoms with Gasteiger partial charge in [-0.3, -0.25) is 0 Å². The third kappa shape index (κ3) is 4.25. The summed E-state index contributed by atoms with van der Waals surface area (Å²) in [5, 5.41) is 18.9. The van der Waals surface area contributed by atoms with Gasteiger partial charge in [0.2, 0.25) is 0 Å². The van der Waals surface area contributed by atoms with Gasteiger partial charge in [0, 0.05) is 11.3 Å². The van der Waals surface area contributed by atoms with Crippen molar-refractivity contribution in [2.75, 3.05) is 11.9 Å². The van der Waals surface area contributed by atoms with Crippen molar-refractivity contribution in [2.45, 2.75) is 19.0 Å². The summed E-state index contributed by atoms with van der Waals surface area (Å²) in [7, 11) is 0. The lowest BCUT2D eigenvalue weighted by atomic mass is 9.99. The first kappa shape index (κ1) is 16.4. The average molecular weight is 326 g/mol. The summed E-state index contributed by atoms with van der Waals surface area (Å²) in [4.78, 5) is 11.8. The summed E-state index contributed by atoms with van der Waals surface area (Å²) >= 11 is 1.45. The van der Waals surface area contributed by atoms with E-state index in [0.29, 0.717) is 5.56 Å². The monoisotopic (exact) mass is 326 g/mol. The van der Waals surface area contributed by atoms with Gasteiger partial charge >= 0.3 is 6.03 Å². The van der Waals surface area contributed by atoms with Gasteiger partial charge in [-0.2, -0.15) is 11.3 Å². The summed E-state index contributed by atoms with van der Waals surface area (Å²) in [6.45, 7) is 1.59. The molecule has 1 aromatic carbocycles. The van der Waals surface area contributed by atoms with Crippen molar-refractivity contribution in [3.63, 3.8) is 0 Å². The second-order valence-corrected chi connectivity index (χ2v) is 5.80. The number of halogens is 2. The van der Waals surface area contributed by atoms with Crippen LogP contribution in [0, 0.1) is 0 Å². The number of rotatable bonds is 5. The molecular weight excluding hydrogens is 310 g/mol. The maximum Gasteiger partial charge on any atom is 0.319 e. The van der Waals surface area contributed by atoms with Gasteiger partial charge < -0.3 is 15.7 Å². The molecule has 0 saturated carbocycles. The number of nitrogens with one attached hydrogen (secondary N) is 2. The van der Waals surface area contributed by atoms with Gasteiger partial charge in [0.25, 0.3) is 6.43 Å². The number of anilines is 1. The van der Waals surface area contributed by atoms with Gasteiger partial charge in [-0.1, -0.05) is 12.1 Å². The Balaban J connectivity index is 1.92. The molecule has 2 aromatic rings. The van der Waals surface area contributed by atoms with E-state index >= 15 is 0 Å². The SMILES string of the molecule is C[C@@](O)(CNC(=O)Nc1cccc(C(F)F)c1)c1ccsc1. The van der Waals surface area contributed by atoms with Crippen LogP contribution in [0.1, 0.15) is 24.5 Å². The molecule has 0 spiro atoms. The van der Waals surface area contributed by atoms with Crippen LogP contribution in [0.25, 0.3) is 0 Å². The van der Waals surface area contributed by atoms with Crippen molar-refractivity contribution < 1.29 is 18.7 Å². The van der Waals surface area contributed by atoms with E-state index < -0.39 is 18.1 Å². The fourth-order valence-corrected chi connectivity index (χ4v) is 2.64. The van der Waals surface area contributed by atoms with Gasteiger partial charge in [-0.15, -0.1) is 0 Å². The summed E-state index contributed by atoms with van der Waals surface area (Å²) in [6, 6.07) is 6.66. The summed E-state index contributed by atoms with van der Waals surface area (Å²) in [6.07, 6.45) is -2.59. The predicted molar refractivity (Wildman–Crippen MR) is 82.3 cm³/mol. The Kier molecular flexibility index (Phi) is 5.10. The zero-order valence-corrected chi connectivity index (χ0v) is 12.7. The standard InChI is InChI=1S/C15H16F2N2O2S/c1-15(21,11-5-6-22-8-11)9-18-14(20)19-12-4-2-3-10(7-12)13(16)17/h2-8,13,21H,9H2,1H3,(H2,18,19,20)/t15-/m1/s1. The zero-order valence-electron chi connectivity index (χ0n) is 11.8. The Bertz CT molecular complexity index is 630. The fourth-order valence-electron chi connectivity index (χ4n) is 1.85. The van der Waals surface area contributed by atoms with Crippen LogP contribution in [-0.2, 0) is 5.60 Å². The van der Waals surface area contributed by atoms with Crippen LogP contribution in [0.5, 0.6) is 0 Å². The molecule has 0 aliphatic heterocycles. The third-order valence-corrected chi connectivity index (χ3v) is 3.82. The molecule has 0 aliphatic carbocycles. The van der Waals surface area contributed by atoms with Crippen LogP contribution in [0.3, 0.4) is 0 Å². The van der Waals surface area contributed by atoms with Gasteiger partial charge in [-0.25, -0.2) is 13.6 Å². The highest BCUT2D eigenvalue weighted by Crippen LogP contribution is 2.23. The van der Waals surface area contributed by atoms with Gasteiger partial charge in [0.1, 0.15) is 5.60 Å². The topological polar surface area (TPSA) is 61.4 Å². The van der Waals surface area contributed by atoms with E-state index in [-0.39, 0.29) is 17.8 Å². The molecule has 1 atom stereocenters. The Morgan fingerprint density at radius 3 is 2.82 bits per heavy atom. The Morgan fingerprint density at radius 2 is 2.18 bits per heavy atom. The van der Waals surface area contributed by atoms with Crippen molar-refractivity contribution in [1.29, 1.82) is 0 Å². The lowest BCUT2D eigenvalue weighted by Gasteiger charge is -2.22. The molecule has 1 heterocycles. The second-order valence-electron chi connectivity index (χ2n) is 5.02. The van der Waals surface area contributed by atoms with Crippen LogP contribution >= 0.6 is 11.3 Å². The van der Waals surface area contributed by atoms with Gasteiger partial charge in [0.05, 0.1) is 6.54 Å². The molecule has 7 heteroatoms. The van der Waals surface area contributed by atoms with E-state index in [9.17, 15) is 18.7 Å². The van der Waals surface area contributed by atoms with Crippen LogP contribution < -0.4 is 10.6 Å². The Hall–Kier alpha value is -1.99. The minimum Gasteiger partial charge on any atom is -0.384 e. The average Bonchev–Trinajstić information content (AvgIpc) is 3.00. The molecule has 0 aliphatic rings. The molecule has 2 rings (SSSR count). The van der Waals surface area contributed by atoms with Crippen LogP contribution in [0.2, 0.25) is 0 Å². The maximum absolute atomic E-state index is 12.6. The maximum atomic E-state index is 12.6. The number of hydrogen-bond donors (Lipinski definition) is 3. The number of carbonyl (C=O) groups excluding carboxylic acids is 1. The number of hydrogen-bond acceptors (Lipinski definition) is 3. The molecule has 0 radical (unpaired) electrons. The van der Waals surface area contributed by atoms with Crippen LogP contribution in [-0.4, -0.2) is 17.7 Å². The first-order valence-electron chi connectivity index (χ1n) is 6.56. The van der Waals surface area contributed by atoms with Gasteiger partial charge in [-0.05, 0) is 41.4 Å². The molecule has 3 N–H and O–H groups in total. The van der Waals surface area contributed by atoms with E-state index in [0.717, 1.165) is 0 Å². The number of benzene rings is 1. The van der Waals surface area contributed by atoms with Crippen molar-refractivity contribution >= 4 is 23.1 Å². The number of thiophene rings is 1. The summed E-state index contributed by atoms with van der Waals surface area (Å²) < 4.78 is 25.2. The molecule has 0 unspecified atom stereocenters. The lowest BCUT2D eigenvalue weighted by molar-refractivity contribution is 0.0604. The molecule has 4 nitrogen and oxygen atoms in total. The van der Waals surface area contributed by atoms with E-state index in [1.165, 1.54) is 35.6 Å². The fraction of sp³-hybridized carbons (Fsp3) is 0.267. The smallest absolute Gasteiger partial charge is 0.319 e. The molecule has 1 aromatic heterocycles. The number of aliphatic hydroxyl groups is 1. The lowest BCUT2D eigenvalue weighted by Crippen LogP contribution is -2.40. The number of carbonyl (C=O) groups is 1. The van der Waals surface area contributed by atoms with Gasteiger partial charge in [0.15, 0.2) is 0 Å². The summed E-state index contributed by atoms with van der Waals surface area (Å²) in [5.74, 6) is 0. The largest absolute Gasteiger partial charge is 0.384 e. The number of alkyl halides is 2. The molecule has 22 heavy (non-hydrogen) atoms. The van der Waals surface area contributed by atoms with Crippen molar-refractivity contribution in [3.8, 4) is 0 Å². The second kappa shape index (κ2) is 6.85. The quantitative estimate of drug-likeness (QED) is 0.784. The molecule has 0 fully saturated rings. The highest BCUT2D eigenvalue weighted by molar-refractivity contribution is 7.08. The van der Waals surface area contributed by atoms with Crippen molar-refractivity contribution in [2.24, 2.45) is 0 Å². The highest BCUT2D eigenvalue weighted by atomic mass is 32.1. The number of amides is 2. The molecule has 0 saturated heterocycles. The van der Waals surface area contributed by atoms with Crippen molar-refractivity contribution in [3.05, 3.63) is 52.2 Å². The normalized spacial score (nSPS) is 13.7. The first-order chi connectivity index (χ1) is 10.4. The molecule has 118 valence electrons. The highest BCUT2D eigenvalue weighted by Gasteiger charge is 2.24. The Labute approximate surface area is 130 Å². The van der Waals surface area contributed by atoms with Crippen LogP contribution in [0.4, 0.5) is 19.3 Å². The zero-order chi connectivity index (χ0) is 16.2. The van der Waals surface area contributed by atoms with E-state index in [1.807, 2.05) is 5.38 Å². The van der Waals surface area contributed by atoms with E-state index in [1.54, 1.807) is 18.4 Å². The minimum atomic E-state index is -2.59. The third-order valence-electron chi connectivity index (χ3n) is 3.13. The minimum absolute atomic E-state index is 0.00407. The first-order valence-corrected chi connectivity index (χ1v) is 7.51. The molecular formula is C15H16F2N2O2S. The van der Waals surface area contributed by atoms with E-state index in [4.69, 9.17) is 0 Å². The summed E-state index contributed by atoms with van der Waals surface area (Å²) in [5.41, 5.74) is -0.381. The van der Waals surface area contributed by atoms with E-state index in [2.05, 4.69) is 10.6 Å².